The molecular weight excluding hydrogens is 332 g/mol. The van der Waals surface area contributed by atoms with Crippen molar-refractivity contribution in [2.24, 2.45) is 0 Å². The maximum Gasteiger partial charge on any atom is 0.236 e. The lowest BCUT2D eigenvalue weighted by Crippen LogP contribution is -2.46. The second-order valence-electron chi connectivity index (χ2n) is 7.43. The summed E-state index contributed by atoms with van der Waals surface area (Å²) in [5, 5.41) is 2.84. The summed E-state index contributed by atoms with van der Waals surface area (Å²) in [6, 6.07) is 16.4. The lowest BCUT2D eigenvalue weighted by Gasteiger charge is -2.37. The van der Waals surface area contributed by atoms with Gasteiger partial charge in [-0.2, -0.15) is 0 Å². The lowest BCUT2D eigenvalue weighted by molar-refractivity contribution is -0.121. The standard InChI is InChI=1S/C21H21ClN2O/c1-13-17-11-15(22)9-10-16(17)20(19(13)14-7-5-4-6-8-14)24-21(2,3)12-18(25)23-24/h4-11,20H,12H2,1-3H3,(H,23,25). The molecule has 1 aliphatic heterocycles. The van der Waals surface area contributed by atoms with Gasteiger partial charge in [-0.1, -0.05) is 48.0 Å². The number of rotatable bonds is 2. The molecule has 2 aromatic rings. The van der Waals surface area contributed by atoms with Crippen LogP contribution < -0.4 is 5.43 Å². The van der Waals surface area contributed by atoms with E-state index in [9.17, 15) is 4.79 Å². The molecule has 1 aliphatic carbocycles. The number of hydrazine groups is 1. The Labute approximate surface area is 153 Å². The molecule has 1 unspecified atom stereocenters. The average Bonchev–Trinajstić information content (AvgIpc) is 3.00. The van der Waals surface area contributed by atoms with E-state index in [1.165, 1.54) is 22.3 Å². The largest absolute Gasteiger partial charge is 0.287 e. The number of amides is 1. The van der Waals surface area contributed by atoms with Crippen LogP contribution in [0.1, 0.15) is 49.9 Å². The first-order valence-corrected chi connectivity index (χ1v) is 8.91. The Balaban J connectivity index is 1.93. The van der Waals surface area contributed by atoms with E-state index < -0.39 is 0 Å². The van der Waals surface area contributed by atoms with Crippen LogP contribution in [-0.4, -0.2) is 16.5 Å². The van der Waals surface area contributed by atoms with E-state index in [0.717, 1.165) is 10.6 Å². The van der Waals surface area contributed by atoms with Crippen molar-refractivity contribution in [3.8, 4) is 0 Å². The van der Waals surface area contributed by atoms with Gasteiger partial charge in [0.1, 0.15) is 0 Å². The van der Waals surface area contributed by atoms with Crippen LogP contribution >= 0.6 is 11.6 Å². The van der Waals surface area contributed by atoms with Crippen LogP contribution in [0.2, 0.25) is 5.02 Å². The van der Waals surface area contributed by atoms with Gasteiger partial charge in [0.2, 0.25) is 5.91 Å². The number of nitrogens with one attached hydrogen (secondary N) is 1. The molecule has 1 heterocycles. The number of halogens is 1. The normalized spacial score (nSPS) is 22.2. The van der Waals surface area contributed by atoms with Crippen LogP contribution in [0, 0.1) is 0 Å². The van der Waals surface area contributed by atoms with Crippen molar-refractivity contribution in [3.63, 3.8) is 0 Å². The van der Waals surface area contributed by atoms with Crippen LogP contribution in [0.15, 0.2) is 48.5 Å². The molecule has 0 aromatic heterocycles. The fraction of sp³-hybridized carbons (Fsp3) is 0.286. The van der Waals surface area contributed by atoms with E-state index in [2.05, 4.69) is 61.5 Å². The molecule has 0 radical (unpaired) electrons. The van der Waals surface area contributed by atoms with Gasteiger partial charge in [0.05, 0.1) is 6.04 Å². The van der Waals surface area contributed by atoms with Crippen molar-refractivity contribution >= 4 is 28.7 Å². The third-order valence-electron chi connectivity index (χ3n) is 5.22. The molecule has 3 nitrogen and oxygen atoms in total. The summed E-state index contributed by atoms with van der Waals surface area (Å²) in [5.41, 5.74) is 8.80. The SMILES string of the molecule is CC1=C(c2ccccc2)C(N2NC(=O)CC2(C)C)c2ccc(Cl)cc21. The van der Waals surface area contributed by atoms with Gasteiger partial charge in [-0.15, -0.1) is 0 Å². The van der Waals surface area contributed by atoms with Crippen LogP contribution in [0.25, 0.3) is 11.1 Å². The zero-order chi connectivity index (χ0) is 17.8. The summed E-state index contributed by atoms with van der Waals surface area (Å²) in [6.07, 6.45) is 0.494. The average molecular weight is 353 g/mol. The van der Waals surface area contributed by atoms with E-state index in [1.54, 1.807) is 0 Å². The van der Waals surface area contributed by atoms with Crippen molar-refractivity contribution < 1.29 is 4.79 Å². The van der Waals surface area contributed by atoms with Gasteiger partial charge >= 0.3 is 0 Å². The maximum atomic E-state index is 12.1. The third-order valence-corrected chi connectivity index (χ3v) is 5.46. The number of carbonyl (C=O) groups is 1. The second kappa shape index (κ2) is 5.72. The zero-order valence-corrected chi connectivity index (χ0v) is 15.4. The molecule has 1 saturated heterocycles. The molecule has 128 valence electrons. The topological polar surface area (TPSA) is 32.3 Å². The van der Waals surface area contributed by atoms with Gasteiger partial charge in [-0.3, -0.25) is 10.2 Å². The first kappa shape index (κ1) is 16.4. The minimum absolute atomic E-state index is 0.0175. The maximum absolute atomic E-state index is 12.1. The van der Waals surface area contributed by atoms with Gasteiger partial charge in [-0.25, -0.2) is 5.01 Å². The molecule has 2 aromatic carbocycles. The molecule has 1 atom stereocenters. The van der Waals surface area contributed by atoms with Crippen molar-refractivity contribution in [2.45, 2.75) is 38.8 Å². The van der Waals surface area contributed by atoms with Crippen LogP contribution in [0.3, 0.4) is 0 Å². The van der Waals surface area contributed by atoms with E-state index in [4.69, 9.17) is 11.6 Å². The van der Waals surface area contributed by atoms with E-state index in [-0.39, 0.29) is 17.5 Å². The third kappa shape index (κ3) is 2.59. The van der Waals surface area contributed by atoms with Gasteiger partial charge in [0.15, 0.2) is 0 Å². The molecule has 4 rings (SSSR count). The van der Waals surface area contributed by atoms with Gasteiger partial charge in [0.25, 0.3) is 0 Å². The summed E-state index contributed by atoms with van der Waals surface area (Å²) in [5.74, 6) is 0.0671. The number of nitrogens with zero attached hydrogens (tertiary/aromatic N) is 1. The van der Waals surface area contributed by atoms with Crippen molar-refractivity contribution in [2.75, 3.05) is 0 Å². The van der Waals surface area contributed by atoms with Gasteiger partial charge < -0.3 is 0 Å². The molecule has 1 fully saturated rings. The minimum atomic E-state index is -0.261. The zero-order valence-electron chi connectivity index (χ0n) is 14.6. The summed E-state index contributed by atoms with van der Waals surface area (Å²) in [7, 11) is 0. The fourth-order valence-electron chi connectivity index (χ4n) is 4.07. The Bertz CT molecular complexity index is 886. The smallest absolute Gasteiger partial charge is 0.236 e. The van der Waals surface area contributed by atoms with Crippen molar-refractivity contribution in [3.05, 3.63) is 70.2 Å². The Morgan fingerprint density at radius 2 is 1.88 bits per heavy atom. The lowest BCUT2D eigenvalue weighted by atomic mass is 9.92. The summed E-state index contributed by atoms with van der Waals surface area (Å²) >= 11 is 6.26. The van der Waals surface area contributed by atoms with Crippen molar-refractivity contribution in [1.29, 1.82) is 0 Å². The van der Waals surface area contributed by atoms with Crippen LogP contribution in [0.5, 0.6) is 0 Å². The summed E-state index contributed by atoms with van der Waals surface area (Å²) in [4.78, 5) is 12.1. The summed E-state index contributed by atoms with van der Waals surface area (Å²) in [6.45, 7) is 6.36. The number of hydrogen-bond donors (Lipinski definition) is 1. The molecule has 4 heteroatoms. The monoisotopic (exact) mass is 352 g/mol. The Kier molecular flexibility index (Phi) is 3.75. The number of fused-ring (bicyclic) bond motifs is 1. The summed E-state index contributed by atoms with van der Waals surface area (Å²) < 4.78 is 0. The molecular formula is C21H21ClN2O. The molecule has 1 amide bonds. The van der Waals surface area contributed by atoms with E-state index in [0.29, 0.717) is 6.42 Å². The van der Waals surface area contributed by atoms with Gasteiger partial charge in [0, 0.05) is 17.0 Å². The van der Waals surface area contributed by atoms with Crippen molar-refractivity contribution in [1.82, 2.24) is 10.4 Å². The van der Waals surface area contributed by atoms with E-state index in [1.807, 2.05) is 18.2 Å². The molecule has 0 bridgehead atoms. The van der Waals surface area contributed by atoms with Gasteiger partial charge in [-0.05, 0) is 60.7 Å². The molecule has 25 heavy (non-hydrogen) atoms. The second-order valence-corrected chi connectivity index (χ2v) is 7.87. The quantitative estimate of drug-likeness (QED) is 0.838. The molecule has 0 saturated carbocycles. The Morgan fingerprint density at radius 3 is 2.52 bits per heavy atom. The first-order valence-electron chi connectivity index (χ1n) is 8.53. The predicted octanol–water partition coefficient (Wildman–Crippen LogP) is 4.84. The Morgan fingerprint density at radius 1 is 1.16 bits per heavy atom. The highest BCUT2D eigenvalue weighted by molar-refractivity contribution is 6.30. The highest BCUT2D eigenvalue weighted by Crippen LogP contribution is 2.51. The number of allylic oxidation sites excluding steroid dienone is 1. The predicted molar refractivity (Wildman–Crippen MR) is 102 cm³/mol. The van der Waals surface area contributed by atoms with Crippen LogP contribution in [-0.2, 0) is 4.79 Å². The molecule has 0 spiro atoms. The number of benzene rings is 2. The Hall–Kier alpha value is -2.10. The van der Waals surface area contributed by atoms with Crippen LogP contribution in [0.4, 0.5) is 0 Å². The minimum Gasteiger partial charge on any atom is -0.287 e. The number of hydrogen-bond acceptors (Lipinski definition) is 2. The molecule has 1 N–H and O–H groups in total. The first-order chi connectivity index (χ1) is 11.9. The highest BCUT2D eigenvalue weighted by atomic mass is 35.5. The number of carbonyl (C=O) groups excluding carboxylic acids is 1. The van der Waals surface area contributed by atoms with E-state index >= 15 is 0 Å². The molecule has 2 aliphatic rings. The highest BCUT2D eigenvalue weighted by Gasteiger charge is 2.46. The fourth-order valence-corrected chi connectivity index (χ4v) is 4.25.